The maximum Gasteiger partial charge on any atom is 0.131 e. The highest BCUT2D eigenvalue weighted by atomic mass is 19.1. The lowest BCUT2D eigenvalue weighted by atomic mass is 10.0. The molecule has 0 spiro atoms. The van der Waals surface area contributed by atoms with Gasteiger partial charge in [0.1, 0.15) is 11.6 Å². The smallest absolute Gasteiger partial charge is 0.131 e. The number of nitrogens with zero attached hydrogens (tertiary/aromatic N) is 4. The lowest BCUT2D eigenvalue weighted by molar-refractivity contribution is 0.148. The van der Waals surface area contributed by atoms with Crippen molar-refractivity contribution >= 4 is 0 Å². The van der Waals surface area contributed by atoms with Gasteiger partial charge in [-0.3, -0.25) is 4.90 Å². The van der Waals surface area contributed by atoms with Gasteiger partial charge in [-0.25, -0.2) is 9.07 Å². The van der Waals surface area contributed by atoms with Gasteiger partial charge < -0.3 is 9.64 Å². The number of piperazine rings is 1. The molecule has 4 aromatic rings. The molecule has 174 valence electrons. The first-order valence-electron chi connectivity index (χ1n) is 11.6. The summed E-state index contributed by atoms with van der Waals surface area (Å²) in [6.45, 7) is 5.02. The molecule has 1 fully saturated rings. The zero-order valence-corrected chi connectivity index (χ0v) is 19.6. The molecule has 0 atom stereocenters. The molecular formula is C28H29FN4O. The second-order valence-corrected chi connectivity index (χ2v) is 8.74. The van der Waals surface area contributed by atoms with Crippen LogP contribution in [-0.4, -0.2) is 59.9 Å². The van der Waals surface area contributed by atoms with E-state index in [1.165, 1.54) is 6.07 Å². The predicted molar refractivity (Wildman–Crippen MR) is 134 cm³/mol. The molecule has 6 heteroatoms. The normalized spacial score (nSPS) is 14.9. The molecule has 0 saturated carbocycles. The van der Waals surface area contributed by atoms with E-state index in [1.54, 1.807) is 19.2 Å². The van der Waals surface area contributed by atoms with Crippen molar-refractivity contribution in [3.05, 3.63) is 90.4 Å². The summed E-state index contributed by atoms with van der Waals surface area (Å²) < 4.78 is 22.0. The van der Waals surface area contributed by atoms with Crippen molar-refractivity contribution in [3.8, 4) is 33.8 Å². The Morgan fingerprint density at radius 2 is 1.53 bits per heavy atom. The van der Waals surface area contributed by atoms with Gasteiger partial charge in [0.15, 0.2) is 0 Å². The Morgan fingerprint density at radius 1 is 0.853 bits per heavy atom. The summed E-state index contributed by atoms with van der Waals surface area (Å²) in [5.74, 6) is 0.588. The summed E-state index contributed by atoms with van der Waals surface area (Å²) in [5.41, 5.74) is 5.54. The van der Waals surface area contributed by atoms with Crippen LogP contribution < -0.4 is 4.74 Å². The van der Waals surface area contributed by atoms with Crippen LogP contribution in [-0.2, 0) is 6.54 Å². The number of methoxy groups -OCH3 is 1. The van der Waals surface area contributed by atoms with Gasteiger partial charge in [-0.15, -0.1) is 0 Å². The van der Waals surface area contributed by atoms with Crippen LogP contribution >= 0.6 is 0 Å². The van der Waals surface area contributed by atoms with Crippen LogP contribution in [0.3, 0.4) is 0 Å². The second kappa shape index (κ2) is 9.79. The van der Waals surface area contributed by atoms with E-state index in [0.29, 0.717) is 5.56 Å². The Labute approximate surface area is 200 Å². The summed E-state index contributed by atoms with van der Waals surface area (Å²) in [4.78, 5) is 4.83. The molecule has 2 heterocycles. The first kappa shape index (κ1) is 22.3. The molecule has 5 rings (SSSR count). The van der Waals surface area contributed by atoms with Crippen LogP contribution in [0.25, 0.3) is 28.1 Å². The summed E-state index contributed by atoms with van der Waals surface area (Å²) in [6, 6.07) is 22.8. The minimum Gasteiger partial charge on any atom is -0.496 e. The average Bonchev–Trinajstić information content (AvgIpc) is 3.29. The molecule has 0 bridgehead atoms. The summed E-state index contributed by atoms with van der Waals surface area (Å²) in [7, 11) is 3.86. The van der Waals surface area contributed by atoms with E-state index < -0.39 is 0 Å². The molecule has 34 heavy (non-hydrogen) atoms. The molecule has 0 unspecified atom stereocenters. The summed E-state index contributed by atoms with van der Waals surface area (Å²) in [6.07, 6.45) is 1.96. The molecule has 0 radical (unpaired) electrons. The van der Waals surface area contributed by atoms with Crippen molar-refractivity contribution in [3.63, 3.8) is 0 Å². The summed E-state index contributed by atoms with van der Waals surface area (Å²) in [5, 5.41) is 4.79. The van der Waals surface area contributed by atoms with Crippen molar-refractivity contribution in [2.45, 2.75) is 6.54 Å². The fourth-order valence-corrected chi connectivity index (χ4v) is 4.55. The number of hydrogen-bond donors (Lipinski definition) is 0. The van der Waals surface area contributed by atoms with Crippen molar-refractivity contribution in [1.82, 2.24) is 19.6 Å². The quantitative estimate of drug-likeness (QED) is 0.404. The van der Waals surface area contributed by atoms with Gasteiger partial charge in [-0.05, 0) is 42.9 Å². The van der Waals surface area contributed by atoms with Gasteiger partial charge >= 0.3 is 0 Å². The fourth-order valence-electron chi connectivity index (χ4n) is 4.55. The van der Waals surface area contributed by atoms with E-state index in [0.717, 1.165) is 66.5 Å². The van der Waals surface area contributed by atoms with E-state index >= 15 is 0 Å². The van der Waals surface area contributed by atoms with E-state index in [4.69, 9.17) is 9.84 Å². The number of halogens is 1. The Morgan fingerprint density at radius 3 is 2.24 bits per heavy atom. The van der Waals surface area contributed by atoms with E-state index in [9.17, 15) is 4.39 Å². The number of benzene rings is 3. The number of likely N-dealkylation sites (N-methyl/N-ethyl adjacent to an activating group) is 1. The number of rotatable bonds is 6. The summed E-state index contributed by atoms with van der Waals surface area (Å²) >= 11 is 0. The number of aromatic nitrogens is 2. The third-order valence-corrected chi connectivity index (χ3v) is 6.49. The SMILES string of the molecule is COc1ccccc1-c1c(CN2CCN(C)CC2)cnn1-c1ccc(-c2ccccc2F)cc1. The van der Waals surface area contributed by atoms with Gasteiger partial charge in [0.2, 0.25) is 0 Å². The number of para-hydroxylation sites is 1. The van der Waals surface area contributed by atoms with Crippen LogP contribution in [0.5, 0.6) is 5.75 Å². The predicted octanol–water partition coefficient (Wildman–Crippen LogP) is 5.10. The highest BCUT2D eigenvalue weighted by molar-refractivity contribution is 5.73. The third-order valence-electron chi connectivity index (χ3n) is 6.49. The van der Waals surface area contributed by atoms with E-state index in [-0.39, 0.29) is 5.82 Å². The van der Waals surface area contributed by atoms with Crippen LogP contribution in [0.1, 0.15) is 5.56 Å². The lowest BCUT2D eigenvalue weighted by Gasteiger charge is -2.32. The van der Waals surface area contributed by atoms with Crippen molar-refractivity contribution < 1.29 is 9.13 Å². The number of hydrogen-bond acceptors (Lipinski definition) is 4. The van der Waals surface area contributed by atoms with Crippen molar-refractivity contribution in [2.24, 2.45) is 0 Å². The number of ether oxygens (including phenoxy) is 1. The molecule has 1 aromatic heterocycles. The molecule has 1 aliphatic heterocycles. The first-order valence-corrected chi connectivity index (χ1v) is 11.6. The minimum absolute atomic E-state index is 0.224. The zero-order valence-electron chi connectivity index (χ0n) is 19.6. The molecule has 0 amide bonds. The van der Waals surface area contributed by atoms with Gasteiger partial charge in [-0.2, -0.15) is 5.10 Å². The van der Waals surface area contributed by atoms with E-state index in [2.05, 4.69) is 22.9 Å². The maximum atomic E-state index is 14.3. The largest absolute Gasteiger partial charge is 0.496 e. The Kier molecular flexibility index (Phi) is 6.43. The Balaban J connectivity index is 1.54. The van der Waals surface area contributed by atoms with E-state index in [1.807, 2.05) is 59.4 Å². The van der Waals surface area contributed by atoms with Gasteiger partial charge in [0, 0.05) is 49.4 Å². The van der Waals surface area contributed by atoms with Crippen LogP contribution in [0.15, 0.2) is 79.0 Å². The maximum absolute atomic E-state index is 14.3. The van der Waals surface area contributed by atoms with Crippen LogP contribution in [0, 0.1) is 5.82 Å². The average molecular weight is 457 g/mol. The van der Waals surface area contributed by atoms with Crippen LogP contribution in [0.4, 0.5) is 4.39 Å². The van der Waals surface area contributed by atoms with Gasteiger partial charge in [0.05, 0.1) is 24.7 Å². The highest BCUT2D eigenvalue weighted by Crippen LogP contribution is 2.35. The molecule has 5 nitrogen and oxygen atoms in total. The molecule has 0 aliphatic carbocycles. The zero-order chi connectivity index (χ0) is 23.5. The fraction of sp³-hybridized carbons (Fsp3) is 0.250. The Hall–Kier alpha value is -3.48. The van der Waals surface area contributed by atoms with Gasteiger partial charge in [0.25, 0.3) is 0 Å². The second-order valence-electron chi connectivity index (χ2n) is 8.74. The molecule has 1 saturated heterocycles. The molecule has 3 aromatic carbocycles. The lowest BCUT2D eigenvalue weighted by Crippen LogP contribution is -2.43. The molecule has 1 aliphatic rings. The van der Waals surface area contributed by atoms with Crippen molar-refractivity contribution in [1.29, 1.82) is 0 Å². The highest BCUT2D eigenvalue weighted by Gasteiger charge is 2.21. The minimum atomic E-state index is -0.224. The molecule has 0 N–H and O–H groups in total. The van der Waals surface area contributed by atoms with Crippen LogP contribution in [0.2, 0.25) is 0 Å². The Bertz CT molecular complexity index is 1260. The third kappa shape index (κ3) is 4.47. The van der Waals surface area contributed by atoms with Crippen molar-refractivity contribution in [2.75, 3.05) is 40.3 Å². The topological polar surface area (TPSA) is 33.5 Å². The first-order chi connectivity index (χ1) is 16.6. The monoisotopic (exact) mass is 456 g/mol. The van der Waals surface area contributed by atoms with Gasteiger partial charge in [-0.1, -0.05) is 42.5 Å². The standard InChI is InChI=1S/C28H29FN4O/c1-31-15-17-32(18-16-31)20-22-19-30-33(28(22)25-8-4-6-10-27(25)34-2)23-13-11-21(12-14-23)24-7-3-5-9-26(24)29/h3-14,19H,15-18,20H2,1-2H3. The molecular weight excluding hydrogens is 427 g/mol.